The van der Waals surface area contributed by atoms with E-state index in [-0.39, 0.29) is 23.2 Å². The fourth-order valence-corrected chi connectivity index (χ4v) is 2.10. The summed E-state index contributed by atoms with van der Waals surface area (Å²) >= 11 is 0. The van der Waals surface area contributed by atoms with E-state index in [2.05, 4.69) is 10.3 Å². The van der Waals surface area contributed by atoms with Crippen molar-refractivity contribution in [2.45, 2.75) is 6.04 Å². The average Bonchev–Trinajstić information content (AvgIpc) is 2.82. The van der Waals surface area contributed by atoms with Crippen molar-refractivity contribution in [2.75, 3.05) is 6.61 Å². The van der Waals surface area contributed by atoms with Crippen molar-refractivity contribution in [1.29, 1.82) is 0 Å². The van der Waals surface area contributed by atoms with Gasteiger partial charge in [-0.25, -0.2) is 0 Å². The molecule has 3 rings (SSSR count). The number of ether oxygens (including phenoxy) is 1. The Balaban J connectivity index is 1.80. The summed E-state index contributed by atoms with van der Waals surface area (Å²) in [5, 5.41) is 2.84. The highest BCUT2D eigenvalue weighted by atomic mass is 16.5. The smallest absolute Gasteiger partial charge is 0.268 e. The number of nitrogens with one attached hydrogen (secondary N) is 2. The lowest BCUT2D eigenvalue weighted by Crippen LogP contribution is -2.31. The summed E-state index contributed by atoms with van der Waals surface area (Å²) in [6, 6.07) is 11.9. The second kappa shape index (κ2) is 4.61. The molecule has 0 aliphatic carbocycles. The van der Waals surface area contributed by atoms with Crippen molar-refractivity contribution in [3.63, 3.8) is 0 Å². The number of aromatic amines is 1. The van der Waals surface area contributed by atoms with Crippen LogP contribution in [0.5, 0.6) is 5.75 Å². The highest BCUT2D eigenvalue weighted by Gasteiger charge is 2.25. The van der Waals surface area contributed by atoms with Gasteiger partial charge in [-0.2, -0.15) is 0 Å². The molecule has 1 aromatic heterocycles. The molecule has 1 aliphatic rings. The van der Waals surface area contributed by atoms with Gasteiger partial charge in [-0.15, -0.1) is 0 Å². The van der Waals surface area contributed by atoms with E-state index in [1.165, 1.54) is 6.07 Å². The minimum Gasteiger partial charge on any atom is -0.491 e. The molecule has 0 saturated heterocycles. The first kappa shape index (κ1) is 11.5. The monoisotopic (exact) mass is 256 g/mol. The highest BCUT2D eigenvalue weighted by molar-refractivity contribution is 5.92. The molecule has 2 N–H and O–H groups in total. The van der Waals surface area contributed by atoms with Gasteiger partial charge in [-0.3, -0.25) is 9.59 Å². The van der Waals surface area contributed by atoms with E-state index in [0.717, 1.165) is 11.3 Å². The molecule has 19 heavy (non-hydrogen) atoms. The Morgan fingerprint density at radius 1 is 1.21 bits per heavy atom. The van der Waals surface area contributed by atoms with Crippen LogP contribution in [0.4, 0.5) is 0 Å². The molecule has 2 aromatic rings. The molecule has 5 nitrogen and oxygen atoms in total. The predicted molar refractivity (Wildman–Crippen MR) is 69.2 cm³/mol. The lowest BCUT2D eigenvalue weighted by Gasteiger charge is -2.11. The van der Waals surface area contributed by atoms with E-state index >= 15 is 0 Å². The molecule has 0 saturated carbocycles. The van der Waals surface area contributed by atoms with E-state index in [1.54, 1.807) is 12.1 Å². The first-order chi connectivity index (χ1) is 9.24. The zero-order valence-electron chi connectivity index (χ0n) is 10.1. The lowest BCUT2D eigenvalue weighted by molar-refractivity contribution is 0.0925. The van der Waals surface area contributed by atoms with E-state index in [0.29, 0.717) is 6.61 Å². The van der Waals surface area contributed by atoms with Crippen LogP contribution in [0, 0.1) is 0 Å². The summed E-state index contributed by atoms with van der Waals surface area (Å²) < 4.78 is 5.48. The second-order valence-corrected chi connectivity index (χ2v) is 4.30. The van der Waals surface area contributed by atoms with Crippen molar-refractivity contribution in [3.8, 4) is 5.75 Å². The minimum absolute atomic E-state index is 0.188. The Bertz CT molecular complexity index is 678. The van der Waals surface area contributed by atoms with Gasteiger partial charge < -0.3 is 15.0 Å². The molecule has 0 bridgehead atoms. The van der Waals surface area contributed by atoms with Crippen molar-refractivity contribution in [3.05, 3.63) is 64.1 Å². The van der Waals surface area contributed by atoms with Crippen molar-refractivity contribution < 1.29 is 9.53 Å². The summed E-state index contributed by atoms with van der Waals surface area (Å²) in [6.45, 7) is 0.405. The van der Waals surface area contributed by atoms with Gasteiger partial charge in [0, 0.05) is 11.6 Å². The van der Waals surface area contributed by atoms with Crippen LogP contribution in [-0.2, 0) is 0 Å². The zero-order valence-corrected chi connectivity index (χ0v) is 10.1. The van der Waals surface area contributed by atoms with Gasteiger partial charge in [0.05, 0.1) is 6.04 Å². The molecular weight excluding hydrogens is 244 g/mol. The maximum Gasteiger partial charge on any atom is 0.268 e. The number of hydrogen-bond acceptors (Lipinski definition) is 3. The Morgan fingerprint density at radius 3 is 2.89 bits per heavy atom. The fraction of sp³-hybridized carbons (Fsp3) is 0.143. The number of H-pyrrole nitrogens is 1. The quantitative estimate of drug-likeness (QED) is 0.849. The third kappa shape index (κ3) is 2.22. The number of para-hydroxylation sites is 1. The summed E-state index contributed by atoms with van der Waals surface area (Å²) in [5.74, 6) is 0.470. The molecule has 96 valence electrons. The van der Waals surface area contributed by atoms with Gasteiger partial charge in [-0.05, 0) is 12.1 Å². The molecule has 0 spiro atoms. The standard InChI is InChI=1S/C14H12N2O3/c17-13-7-3-5-10(15-13)14(18)16-11-8-19-12-6-2-1-4-9(11)12/h1-7,11H,8H2,(H,15,17)(H,16,18). The second-order valence-electron chi connectivity index (χ2n) is 4.30. The molecule has 0 radical (unpaired) electrons. The maximum absolute atomic E-state index is 12.0. The van der Waals surface area contributed by atoms with Crippen LogP contribution in [0.25, 0.3) is 0 Å². The molecule has 1 atom stereocenters. The van der Waals surface area contributed by atoms with Crippen molar-refractivity contribution in [2.24, 2.45) is 0 Å². The fourth-order valence-electron chi connectivity index (χ4n) is 2.10. The Morgan fingerprint density at radius 2 is 2.05 bits per heavy atom. The maximum atomic E-state index is 12.0. The number of hydrogen-bond donors (Lipinski definition) is 2. The Kier molecular flexibility index (Phi) is 2.79. The molecule has 0 fully saturated rings. The number of fused-ring (bicyclic) bond motifs is 1. The number of aromatic nitrogens is 1. The summed E-state index contributed by atoms with van der Waals surface area (Å²) in [7, 11) is 0. The van der Waals surface area contributed by atoms with Crippen LogP contribution in [0.2, 0.25) is 0 Å². The zero-order chi connectivity index (χ0) is 13.2. The minimum atomic E-state index is -0.317. The van der Waals surface area contributed by atoms with E-state index in [1.807, 2.05) is 24.3 Å². The molecule has 1 aromatic carbocycles. The Labute approximate surface area is 109 Å². The molecule has 1 amide bonds. The van der Waals surface area contributed by atoms with Crippen LogP contribution >= 0.6 is 0 Å². The van der Waals surface area contributed by atoms with Crippen LogP contribution in [0.1, 0.15) is 22.1 Å². The van der Waals surface area contributed by atoms with Crippen LogP contribution < -0.4 is 15.6 Å². The molecular formula is C14H12N2O3. The summed E-state index contributed by atoms with van der Waals surface area (Å²) in [4.78, 5) is 25.7. The molecule has 2 heterocycles. The van der Waals surface area contributed by atoms with Crippen LogP contribution in [-0.4, -0.2) is 17.5 Å². The number of carbonyl (C=O) groups excluding carboxylic acids is 1. The Hall–Kier alpha value is -2.56. The first-order valence-corrected chi connectivity index (χ1v) is 5.96. The van der Waals surface area contributed by atoms with Crippen molar-refractivity contribution in [1.82, 2.24) is 10.3 Å². The first-order valence-electron chi connectivity index (χ1n) is 5.96. The number of pyridine rings is 1. The number of carbonyl (C=O) groups is 1. The van der Waals surface area contributed by atoms with Gasteiger partial charge in [0.15, 0.2) is 0 Å². The third-order valence-corrected chi connectivity index (χ3v) is 3.02. The SMILES string of the molecule is O=C(NC1COc2ccccc21)c1cccc(=O)[nH]1. The van der Waals surface area contributed by atoms with Gasteiger partial charge >= 0.3 is 0 Å². The largest absolute Gasteiger partial charge is 0.491 e. The highest BCUT2D eigenvalue weighted by Crippen LogP contribution is 2.31. The molecule has 1 unspecified atom stereocenters. The van der Waals surface area contributed by atoms with Gasteiger partial charge in [-0.1, -0.05) is 24.3 Å². The van der Waals surface area contributed by atoms with E-state index in [4.69, 9.17) is 4.74 Å². The number of benzene rings is 1. The van der Waals surface area contributed by atoms with Gasteiger partial charge in [0.25, 0.3) is 5.91 Å². The average molecular weight is 256 g/mol. The van der Waals surface area contributed by atoms with Crippen molar-refractivity contribution >= 4 is 5.91 Å². The van der Waals surface area contributed by atoms with Crippen LogP contribution in [0.15, 0.2) is 47.3 Å². The molecule has 5 heteroatoms. The number of amides is 1. The van der Waals surface area contributed by atoms with E-state index < -0.39 is 0 Å². The summed E-state index contributed by atoms with van der Waals surface area (Å²) in [6.07, 6.45) is 0. The normalized spacial score (nSPS) is 16.5. The van der Waals surface area contributed by atoms with Gasteiger partial charge in [0.1, 0.15) is 18.1 Å². The number of rotatable bonds is 2. The lowest BCUT2D eigenvalue weighted by atomic mass is 10.1. The topological polar surface area (TPSA) is 71.2 Å². The third-order valence-electron chi connectivity index (χ3n) is 3.02. The molecule has 1 aliphatic heterocycles. The predicted octanol–water partition coefficient (Wildman–Crippen LogP) is 1.24. The van der Waals surface area contributed by atoms with Crippen LogP contribution in [0.3, 0.4) is 0 Å². The van der Waals surface area contributed by atoms with Gasteiger partial charge in [0.2, 0.25) is 5.56 Å². The summed E-state index contributed by atoms with van der Waals surface area (Å²) in [5.41, 5.74) is 0.904. The van der Waals surface area contributed by atoms with E-state index in [9.17, 15) is 9.59 Å².